The molecule has 5 heteroatoms. The Labute approximate surface area is 241 Å². The molecule has 2 aromatic rings. The molecule has 0 unspecified atom stereocenters. The van der Waals surface area contributed by atoms with Gasteiger partial charge in [0.05, 0.1) is 0 Å². The molecule has 2 rings (SSSR count). The van der Waals surface area contributed by atoms with Crippen LogP contribution in [0.25, 0.3) is 0 Å². The fourth-order valence-corrected chi connectivity index (χ4v) is 5.58. The SMILES string of the molecule is CC(C)c1cccc(C(C)C)c1[N]=[W]=[N]c1c(C(C)C)cccc1C(C)C.[CH2-][Si](C)(C)C.[CH2-][Si](C)(C)C. The van der Waals surface area contributed by atoms with E-state index in [2.05, 4.69) is 144 Å². The van der Waals surface area contributed by atoms with Crippen molar-refractivity contribution >= 4 is 27.5 Å². The van der Waals surface area contributed by atoms with Crippen molar-refractivity contribution in [3.8, 4) is 0 Å². The molecule has 0 aliphatic rings. The van der Waals surface area contributed by atoms with E-state index in [1.165, 1.54) is 33.6 Å². The van der Waals surface area contributed by atoms with Crippen LogP contribution in [0.15, 0.2) is 43.4 Å². The van der Waals surface area contributed by atoms with Crippen LogP contribution in [0.4, 0.5) is 11.4 Å². The molecule has 0 fully saturated rings. The van der Waals surface area contributed by atoms with Gasteiger partial charge in [-0.15, -0.1) is 16.1 Å². The van der Waals surface area contributed by atoms with E-state index in [1.807, 2.05) is 0 Å². The van der Waals surface area contributed by atoms with Crippen molar-refractivity contribution in [2.45, 2.75) is 118 Å². The zero-order valence-electron chi connectivity index (χ0n) is 26.5. The Hall–Kier alpha value is -0.838. The summed E-state index contributed by atoms with van der Waals surface area (Å²) in [5.74, 6) is 1.93. The topological polar surface area (TPSA) is 24.7 Å². The molecule has 2 aromatic carbocycles. The number of hydrogen-bond donors (Lipinski definition) is 0. The molecule has 0 aliphatic heterocycles. The Morgan fingerprint density at radius 1 is 0.514 bits per heavy atom. The predicted molar refractivity (Wildman–Crippen MR) is 171 cm³/mol. The summed E-state index contributed by atoms with van der Waals surface area (Å²) in [5.41, 5.74) is 7.86. The smallest absolute Gasteiger partial charge is 0.0951 e. The van der Waals surface area contributed by atoms with Crippen LogP contribution in [-0.2, 0) is 18.2 Å². The molecule has 0 saturated heterocycles. The van der Waals surface area contributed by atoms with E-state index in [1.54, 1.807) is 0 Å². The molecule has 0 bridgehead atoms. The average molecular weight is 709 g/mol. The zero-order chi connectivity index (χ0) is 29.1. The molecular weight excluding hydrogens is 652 g/mol. The van der Waals surface area contributed by atoms with Crippen LogP contribution in [0, 0.1) is 13.1 Å². The summed E-state index contributed by atoms with van der Waals surface area (Å²) < 4.78 is 10.3. The summed E-state index contributed by atoms with van der Waals surface area (Å²) in [5, 5.41) is 0. The minimum atomic E-state index is -1.23. The first-order valence-corrected chi connectivity index (χ1v) is 23.8. The molecule has 0 atom stereocenters. The fourth-order valence-electron chi connectivity index (χ4n) is 3.34. The van der Waals surface area contributed by atoms with Crippen molar-refractivity contribution in [3.05, 3.63) is 71.7 Å². The summed E-state index contributed by atoms with van der Waals surface area (Å²) in [7, 11) is -1.72. The molecule has 0 radical (unpaired) electrons. The van der Waals surface area contributed by atoms with Gasteiger partial charge in [0.25, 0.3) is 0 Å². The van der Waals surface area contributed by atoms with Crippen LogP contribution in [0.1, 0.15) is 101 Å². The Morgan fingerprint density at radius 3 is 0.865 bits per heavy atom. The summed E-state index contributed by atoms with van der Waals surface area (Å²) >= 11 is -1.23. The quantitative estimate of drug-likeness (QED) is 0.211. The second kappa shape index (κ2) is 16.3. The van der Waals surface area contributed by atoms with Crippen LogP contribution in [-0.4, -0.2) is 16.1 Å². The summed E-state index contributed by atoms with van der Waals surface area (Å²) in [4.78, 5) is 0. The standard InChI is InChI=1S/2C12H17N.2C4H11Si.W/c2*1-8(2)10-6-5-7-11(9(3)4)12(10)13;2*1-5(2,3)4;/h2*5-9H,1-4H3;2*1H2,2-4H3;/q;;2*-1;. The molecule has 0 N–H and O–H groups in total. The van der Waals surface area contributed by atoms with Crippen LogP contribution in [0.5, 0.6) is 0 Å². The van der Waals surface area contributed by atoms with Gasteiger partial charge in [0, 0.05) is 0 Å². The van der Waals surface area contributed by atoms with Crippen LogP contribution in [0.3, 0.4) is 0 Å². The van der Waals surface area contributed by atoms with Crippen LogP contribution >= 0.6 is 0 Å². The molecule has 0 saturated carbocycles. The van der Waals surface area contributed by atoms with Gasteiger partial charge in [0.1, 0.15) is 0 Å². The molecule has 210 valence electrons. The Morgan fingerprint density at radius 2 is 0.703 bits per heavy atom. The third-order valence-electron chi connectivity index (χ3n) is 4.95. The van der Waals surface area contributed by atoms with Gasteiger partial charge in [-0.25, -0.2) is 0 Å². The Kier molecular flexibility index (Phi) is 15.9. The normalized spacial score (nSPS) is 11.7. The van der Waals surface area contributed by atoms with Gasteiger partial charge in [-0.05, 0) is 0 Å². The van der Waals surface area contributed by atoms with Gasteiger partial charge in [-0.2, -0.15) is 0 Å². The second-order valence-corrected chi connectivity index (χ2v) is 25.7. The van der Waals surface area contributed by atoms with E-state index in [0.29, 0.717) is 23.7 Å². The number of nitrogens with zero attached hydrogens (tertiary/aromatic N) is 2. The maximum atomic E-state index is 5.14. The summed E-state index contributed by atoms with van der Waals surface area (Å²) in [6, 6.07) is 13.3. The van der Waals surface area contributed by atoms with Crippen molar-refractivity contribution < 1.29 is 18.2 Å². The number of hydrogen-bond acceptors (Lipinski definition) is 2. The zero-order valence-corrected chi connectivity index (χ0v) is 31.4. The summed E-state index contributed by atoms with van der Waals surface area (Å²) in [6.45, 7) is 39.2. The monoisotopic (exact) mass is 708 g/mol. The molecule has 0 amide bonds. The average Bonchev–Trinajstić information content (AvgIpc) is 2.70. The molecule has 0 aromatic heterocycles. The van der Waals surface area contributed by atoms with Gasteiger partial charge in [0.15, 0.2) is 0 Å². The van der Waals surface area contributed by atoms with Gasteiger partial charge >= 0.3 is 174 Å². The Bertz CT molecular complexity index is 876. The first-order chi connectivity index (χ1) is 16.7. The van der Waals surface area contributed by atoms with Gasteiger partial charge in [0.2, 0.25) is 0 Å². The van der Waals surface area contributed by atoms with Crippen molar-refractivity contribution in [1.82, 2.24) is 0 Å². The molecule has 2 nitrogen and oxygen atoms in total. The van der Waals surface area contributed by atoms with E-state index < -0.39 is 34.3 Å². The van der Waals surface area contributed by atoms with E-state index in [0.717, 1.165) is 0 Å². The van der Waals surface area contributed by atoms with Crippen molar-refractivity contribution in [2.24, 2.45) is 6.99 Å². The largest absolute Gasteiger partial charge is 0.342 e. The molecular formula is C32H56N2Si2W-2. The Balaban J connectivity index is 0.00000110. The minimum Gasteiger partial charge on any atom is -0.342 e. The van der Waals surface area contributed by atoms with E-state index >= 15 is 0 Å². The third-order valence-corrected chi connectivity index (χ3v) is 6.85. The van der Waals surface area contributed by atoms with Gasteiger partial charge in [-0.1, -0.05) is 39.3 Å². The maximum Gasteiger partial charge on any atom is -0.0951 e. The second-order valence-electron chi connectivity index (χ2n) is 13.6. The third kappa shape index (κ3) is 16.0. The van der Waals surface area contributed by atoms with E-state index in [-0.39, 0.29) is 0 Å². The molecule has 0 spiro atoms. The number of rotatable bonds is 6. The molecule has 0 aliphatic carbocycles. The summed E-state index contributed by atoms with van der Waals surface area (Å²) in [6.07, 6.45) is 0. The first kappa shape index (κ1) is 36.2. The van der Waals surface area contributed by atoms with Gasteiger partial charge in [-0.3, -0.25) is 0 Å². The van der Waals surface area contributed by atoms with Crippen molar-refractivity contribution in [1.29, 1.82) is 0 Å². The first-order valence-electron chi connectivity index (χ1n) is 13.8. The maximum absolute atomic E-state index is 5.14. The van der Waals surface area contributed by atoms with Gasteiger partial charge < -0.3 is 13.1 Å². The van der Waals surface area contributed by atoms with Crippen molar-refractivity contribution in [2.75, 3.05) is 0 Å². The predicted octanol–water partition coefficient (Wildman–Crippen LogP) is 12.0. The number of benzene rings is 2. The van der Waals surface area contributed by atoms with Crippen LogP contribution in [0.2, 0.25) is 39.3 Å². The van der Waals surface area contributed by atoms with E-state index in [9.17, 15) is 0 Å². The molecule has 0 heterocycles. The van der Waals surface area contributed by atoms with Crippen molar-refractivity contribution in [3.63, 3.8) is 0 Å². The fraction of sp³-hybridized carbons (Fsp3) is 0.562. The molecule has 37 heavy (non-hydrogen) atoms. The van der Waals surface area contributed by atoms with Crippen LogP contribution < -0.4 is 0 Å². The van der Waals surface area contributed by atoms with E-state index in [4.69, 9.17) is 6.99 Å². The minimum absolute atomic E-state index is 0.482.